The number of anilines is 1. The highest BCUT2D eigenvalue weighted by Gasteiger charge is 2.12. The third kappa shape index (κ3) is 4.47. The van der Waals surface area contributed by atoms with Crippen molar-refractivity contribution in [2.75, 3.05) is 31.6 Å². The van der Waals surface area contributed by atoms with Crippen LogP contribution in [0.3, 0.4) is 0 Å². The molecule has 6 nitrogen and oxygen atoms in total. The van der Waals surface area contributed by atoms with E-state index in [1.165, 1.54) is 0 Å². The number of nitro benzene ring substituents is 1. The fraction of sp³-hybridized carbons (Fsp3) is 0.571. The zero-order valence-corrected chi connectivity index (χ0v) is 11.7. The third-order valence-electron chi connectivity index (χ3n) is 3.34. The van der Waals surface area contributed by atoms with Crippen LogP contribution in [0.5, 0.6) is 0 Å². The Morgan fingerprint density at radius 2 is 2.15 bits per heavy atom. The van der Waals surface area contributed by atoms with Crippen molar-refractivity contribution >= 4 is 11.4 Å². The van der Waals surface area contributed by atoms with Gasteiger partial charge in [0.15, 0.2) is 0 Å². The molecule has 1 heterocycles. The van der Waals surface area contributed by atoms with Gasteiger partial charge in [-0.15, -0.1) is 0 Å². The van der Waals surface area contributed by atoms with Gasteiger partial charge >= 0.3 is 0 Å². The van der Waals surface area contributed by atoms with Gasteiger partial charge in [0.2, 0.25) is 0 Å². The zero-order valence-electron chi connectivity index (χ0n) is 11.7. The molecule has 2 rings (SSSR count). The van der Waals surface area contributed by atoms with E-state index in [1.807, 2.05) is 13.0 Å². The van der Waals surface area contributed by atoms with Gasteiger partial charge in [0.05, 0.1) is 17.6 Å². The maximum Gasteiger partial charge on any atom is 0.271 e. The zero-order chi connectivity index (χ0) is 14.4. The number of rotatable bonds is 6. The van der Waals surface area contributed by atoms with E-state index in [4.69, 9.17) is 4.74 Å². The number of ether oxygens (including phenoxy) is 1. The molecule has 2 N–H and O–H groups in total. The highest BCUT2D eigenvalue weighted by atomic mass is 16.6. The van der Waals surface area contributed by atoms with Gasteiger partial charge in [-0.1, -0.05) is 0 Å². The van der Waals surface area contributed by atoms with Gasteiger partial charge in [-0.25, -0.2) is 0 Å². The Kier molecular flexibility index (Phi) is 5.31. The van der Waals surface area contributed by atoms with E-state index < -0.39 is 0 Å². The maximum absolute atomic E-state index is 10.8. The van der Waals surface area contributed by atoms with Gasteiger partial charge in [0, 0.05) is 24.4 Å². The molecule has 0 spiro atoms. The van der Waals surface area contributed by atoms with Crippen LogP contribution in [-0.2, 0) is 4.74 Å². The topological polar surface area (TPSA) is 76.4 Å². The van der Waals surface area contributed by atoms with E-state index in [9.17, 15) is 10.1 Å². The number of hydrogen-bond acceptors (Lipinski definition) is 5. The summed E-state index contributed by atoms with van der Waals surface area (Å²) in [5.41, 5.74) is 1.76. The molecule has 110 valence electrons. The largest absolute Gasteiger partial charge is 0.383 e. The molecule has 0 atom stereocenters. The predicted octanol–water partition coefficient (Wildman–Crippen LogP) is 2.08. The Hall–Kier alpha value is -1.66. The second-order valence-corrected chi connectivity index (χ2v) is 5.06. The van der Waals surface area contributed by atoms with Crippen molar-refractivity contribution in [3.05, 3.63) is 33.9 Å². The first kappa shape index (κ1) is 14.7. The molecular weight excluding hydrogens is 258 g/mol. The van der Waals surface area contributed by atoms with Gasteiger partial charge in [-0.05, 0) is 44.5 Å². The molecule has 1 aromatic carbocycles. The lowest BCUT2D eigenvalue weighted by molar-refractivity contribution is -0.384. The molecule has 6 heteroatoms. The van der Waals surface area contributed by atoms with E-state index >= 15 is 0 Å². The van der Waals surface area contributed by atoms with Crippen LogP contribution in [0.4, 0.5) is 11.4 Å². The highest BCUT2D eigenvalue weighted by Crippen LogP contribution is 2.20. The van der Waals surface area contributed by atoms with E-state index in [1.54, 1.807) is 12.1 Å². The second kappa shape index (κ2) is 7.21. The Balaban J connectivity index is 1.77. The van der Waals surface area contributed by atoms with E-state index in [-0.39, 0.29) is 10.6 Å². The first-order valence-corrected chi connectivity index (χ1v) is 6.97. The molecule has 0 saturated carbocycles. The van der Waals surface area contributed by atoms with Crippen molar-refractivity contribution < 1.29 is 9.66 Å². The standard InChI is InChI=1S/C14H21N3O3/c1-11-8-12(10-13(9-11)17(18)19)16-6-7-20-14-2-4-15-5-3-14/h8-10,14-16H,2-7H2,1H3. The first-order chi connectivity index (χ1) is 9.65. The second-order valence-electron chi connectivity index (χ2n) is 5.06. The average molecular weight is 279 g/mol. The molecule has 0 bridgehead atoms. The normalized spacial score (nSPS) is 16.1. The van der Waals surface area contributed by atoms with Crippen molar-refractivity contribution in [3.8, 4) is 0 Å². The molecule has 0 unspecified atom stereocenters. The van der Waals surface area contributed by atoms with Gasteiger partial charge in [0.1, 0.15) is 0 Å². The van der Waals surface area contributed by atoms with E-state index in [2.05, 4.69) is 10.6 Å². The van der Waals surface area contributed by atoms with Crippen molar-refractivity contribution in [1.29, 1.82) is 0 Å². The van der Waals surface area contributed by atoms with Gasteiger partial charge in [-0.3, -0.25) is 10.1 Å². The van der Waals surface area contributed by atoms with Crippen LogP contribution in [-0.4, -0.2) is 37.3 Å². The number of non-ortho nitro benzene ring substituents is 1. The van der Waals surface area contributed by atoms with E-state index in [0.29, 0.717) is 19.3 Å². The fourth-order valence-electron chi connectivity index (χ4n) is 2.35. The summed E-state index contributed by atoms with van der Waals surface area (Å²) >= 11 is 0. The molecule has 0 radical (unpaired) electrons. The molecular formula is C14H21N3O3. The lowest BCUT2D eigenvalue weighted by Crippen LogP contribution is -2.33. The Bertz CT molecular complexity index is 459. The van der Waals surface area contributed by atoms with Crippen LogP contribution < -0.4 is 10.6 Å². The molecule has 1 aliphatic rings. The lowest BCUT2D eigenvalue weighted by atomic mass is 10.1. The highest BCUT2D eigenvalue weighted by molar-refractivity contribution is 5.53. The van der Waals surface area contributed by atoms with Gasteiger partial charge < -0.3 is 15.4 Å². The van der Waals surface area contributed by atoms with Crippen LogP contribution >= 0.6 is 0 Å². The van der Waals surface area contributed by atoms with Crippen LogP contribution in [0.25, 0.3) is 0 Å². The number of aryl methyl sites for hydroxylation is 1. The van der Waals surface area contributed by atoms with Crippen molar-refractivity contribution in [2.45, 2.75) is 25.9 Å². The van der Waals surface area contributed by atoms with Crippen molar-refractivity contribution in [2.24, 2.45) is 0 Å². The summed E-state index contributed by atoms with van der Waals surface area (Å²) in [5, 5.41) is 17.3. The minimum absolute atomic E-state index is 0.117. The van der Waals surface area contributed by atoms with Crippen LogP contribution in [0.15, 0.2) is 18.2 Å². The lowest BCUT2D eigenvalue weighted by Gasteiger charge is -2.23. The third-order valence-corrected chi connectivity index (χ3v) is 3.34. The smallest absolute Gasteiger partial charge is 0.271 e. The average Bonchev–Trinajstić information content (AvgIpc) is 2.44. The predicted molar refractivity (Wildman–Crippen MR) is 78.2 cm³/mol. The minimum Gasteiger partial charge on any atom is -0.383 e. The summed E-state index contributed by atoms with van der Waals surface area (Å²) in [4.78, 5) is 10.4. The number of piperidine rings is 1. The number of nitrogens with zero attached hydrogens (tertiary/aromatic N) is 1. The molecule has 1 saturated heterocycles. The molecule has 1 aromatic rings. The summed E-state index contributed by atoms with van der Waals surface area (Å²) in [5.74, 6) is 0. The van der Waals surface area contributed by atoms with E-state index in [0.717, 1.165) is 37.2 Å². The van der Waals surface area contributed by atoms with Crippen LogP contribution in [0.2, 0.25) is 0 Å². The quantitative estimate of drug-likeness (QED) is 0.473. The molecule has 1 fully saturated rings. The Morgan fingerprint density at radius 1 is 1.40 bits per heavy atom. The summed E-state index contributed by atoms with van der Waals surface area (Å²) < 4.78 is 5.78. The molecule has 20 heavy (non-hydrogen) atoms. The Labute approximate surface area is 118 Å². The minimum atomic E-state index is -0.371. The number of nitro groups is 1. The van der Waals surface area contributed by atoms with Crippen LogP contribution in [0.1, 0.15) is 18.4 Å². The molecule has 1 aliphatic heterocycles. The number of nitrogens with one attached hydrogen (secondary N) is 2. The van der Waals surface area contributed by atoms with Crippen molar-refractivity contribution in [1.82, 2.24) is 5.32 Å². The summed E-state index contributed by atoms with van der Waals surface area (Å²) in [6.45, 7) is 5.16. The maximum atomic E-state index is 10.8. The van der Waals surface area contributed by atoms with Crippen LogP contribution in [0, 0.1) is 17.0 Å². The van der Waals surface area contributed by atoms with Crippen molar-refractivity contribution in [3.63, 3.8) is 0 Å². The number of benzene rings is 1. The summed E-state index contributed by atoms with van der Waals surface area (Å²) in [7, 11) is 0. The SMILES string of the molecule is Cc1cc(NCCOC2CCNCC2)cc([N+](=O)[O-])c1. The first-order valence-electron chi connectivity index (χ1n) is 6.97. The number of hydrogen-bond donors (Lipinski definition) is 2. The summed E-state index contributed by atoms with van der Waals surface area (Å²) in [6, 6.07) is 5.02. The Morgan fingerprint density at radius 3 is 2.85 bits per heavy atom. The van der Waals surface area contributed by atoms with Gasteiger partial charge in [-0.2, -0.15) is 0 Å². The van der Waals surface area contributed by atoms with Gasteiger partial charge in [0.25, 0.3) is 5.69 Å². The molecule has 0 aliphatic carbocycles. The monoisotopic (exact) mass is 279 g/mol. The molecule has 0 aromatic heterocycles. The fourth-order valence-corrected chi connectivity index (χ4v) is 2.35. The molecule has 0 amide bonds. The summed E-state index contributed by atoms with van der Waals surface area (Å²) in [6.07, 6.45) is 2.44.